The minimum atomic E-state index is -0.287. The molecule has 1 aliphatic heterocycles. The van der Waals surface area contributed by atoms with Crippen LogP contribution in [0.2, 0.25) is 5.02 Å². The molecular weight excluding hydrogens is 250 g/mol. The molecule has 4 nitrogen and oxygen atoms in total. The predicted molar refractivity (Wildman–Crippen MR) is 70.2 cm³/mol. The number of carbonyl (C=O) groups excluding carboxylic acids is 1. The molecule has 0 spiro atoms. The van der Waals surface area contributed by atoms with E-state index < -0.39 is 0 Å². The Morgan fingerprint density at radius 2 is 2.28 bits per heavy atom. The van der Waals surface area contributed by atoms with E-state index in [1.54, 1.807) is 18.2 Å². The van der Waals surface area contributed by atoms with Crippen molar-refractivity contribution in [3.05, 3.63) is 28.8 Å². The van der Waals surface area contributed by atoms with Gasteiger partial charge in [0.25, 0.3) is 0 Å². The second-order valence-corrected chi connectivity index (χ2v) is 5.10. The number of anilines is 1. The van der Waals surface area contributed by atoms with Gasteiger partial charge < -0.3 is 10.6 Å². The average Bonchev–Trinajstić information content (AvgIpc) is 2.71. The normalized spacial score (nSPS) is 22.8. The highest BCUT2D eigenvalue weighted by Gasteiger charge is 2.34. The highest BCUT2D eigenvalue weighted by Crippen LogP contribution is 2.31. The van der Waals surface area contributed by atoms with E-state index in [4.69, 9.17) is 22.6 Å². The van der Waals surface area contributed by atoms with Crippen molar-refractivity contribution >= 4 is 23.2 Å². The van der Waals surface area contributed by atoms with Crippen LogP contribution in [0.5, 0.6) is 0 Å². The van der Waals surface area contributed by atoms with Gasteiger partial charge in [-0.25, -0.2) is 0 Å². The van der Waals surface area contributed by atoms with Gasteiger partial charge in [-0.3, -0.25) is 4.79 Å². The number of nitrogens with two attached hydrogens (primary N) is 1. The van der Waals surface area contributed by atoms with E-state index >= 15 is 0 Å². The van der Waals surface area contributed by atoms with Gasteiger partial charge in [0.15, 0.2) is 0 Å². The molecule has 18 heavy (non-hydrogen) atoms. The topological polar surface area (TPSA) is 70.1 Å². The Bertz CT molecular complexity index is 523. The van der Waals surface area contributed by atoms with E-state index in [1.807, 2.05) is 11.8 Å². The Labute approximate surface area is 111 Å². The summed E-state index contributed by atoms with van der Waals surface area (Å²) < 4.78 is 0. The van der Waals surface area contributed by atoms with E-state index in [9.17, 15) is 4.79 Å². The first-order chi connectivity index (χ1) is 8.52. The van der Waals surface area contributed by atoms with E-state index in [2.05, 4.69) is 6.07 Å². The maximum atomic E-state index is 11.3. The molecule has 1 aromatic rings. The van der Waals surface area contributed by atoms with Crippen LogP contribution in [-0.4, -0.2) is 19.0 Å². The largest absolute Gasteiger partial charge is 0.369 e. The van der Waals surface area contributed by atoms with Crippen LogP contribution in [0.15, 0.2) is 18.2 Å². The highest BCUT2D eigenvalue weighted by atomic mass is 35.5. The van der Waals surface area contributed by atoms with Crippen LogP contribution < -0.4 is 10.6 Å². The molecule has 1 amide bonds. The maximum absolute atomic E-state index is 11.3. The first kappa shape index (κ1) is 12.7. The van der Waals surface area contributed by atoms with Crippen LogP contribution in [0.1, 0.15) is 12.5 Å². The van der Waals surface area contributed by atoms with Gasteiger partial charge in [-0.2, -0.15) is 5.26 Å². The molecule has 1 heterocycles. The lowest BCUT2D eigenvalue weighted by Crippen LogP contribution is -2.29. The minimum absolute atomic E-state index is 0.171. The van der Waals surface area contributed by atoms with Crippen LogP contribution in [0.3, 0.4) is 0 Å². The fraction of sp³-hybridized carbons (Fsp3) is 0.385. The Morgan fingerprint density at radius 1 is 1.56 bits per heavy atom. The van der Waals surface area contributed by atoms with E-state index in [-0.39, 0.29) is 17.7 Å². The fourth-order valence-corrected chi connectivity index (χ4v) is 2.56. The third kappa shape index (κ3) is 2.27. The number of benzene rings is 1. The molecule has 1 saturated heterocycles. The summed E-state index contributed by atoms with van der Waals surface area (Å²) in [5.41, 5.74) is 6.72. The van der Waals surface area contributed by atoms with Crippen molar-refractivity contribution < 1.29 is 4.79 Å². The zero-order chi connectivity index (χ0) is 13.3. The smallest absolute Gasteiger partial charge is 0.222 e. The molecule has 1 aromatic carbocycles. The molecule has 0 aromatic heterocycles. The van der Waals surface area contributed by atoms with E-state index in [0.717, 1.165) is 5.69 Å². The Kier molecular flexibility index (Phi) is 3.44. The lowest BCUT2D eigenvalue weighted by atomic mass is 9.98. The summed E-state index contributed by atoms with van der Waals surface area (Å²) in [6.07, 6.45) is 0. The number of rotatable bonds is 2. The van der Waals surface area contributed by atoms with Gasteiger partial charge in [-0.05, 0) is 24.1 Å². The monoisotopic (exact) mass is 263 g/mol. The third-order valence-corrected chi connectivity index (χ3v) is 3.63. The Balaban J connectivity index is 2.32. The van der Waals surface area contributed by atoms with E-state index in [1.165, 1.54) is 0 Å². The van der Waals surface area contributed by atoms with Crippen molar-refractivity contribution in [2.24, 2.45) is 17.6 Å². The number of hydrogen-bond acceptors (Lipinski definition) is 3. The highest BCUT2D eigenvalue weighted by molar-refractivity contribution is 6.30. The van der Waals surface area contributed by atoms with Gasteiger partial charge in [0.2, 0.25) is 5.91 Å². The third-order valence-electron chi connectivity index (χ3n) is 3.40. The molecule has 0 unspecified atom stereocenters. The number of carbonyl (C=O) groups is 1. The zero-order valence-electron chi connectivity index (χ0n) is 10.1. The summed E-state index contributed by atoms with van der Waals surface area (Å²) in [6.45, 7) is 3.25. The molecular formula is C13H14ClN3O. The second-order valence-electron chi connectivity index (χ2n) is 4.66. The molecule has 2 N–H and O–H groups in total. The number of nitriles is 1. The quantitative estimate of drug-likeness (QED) is 0.884. The van der Waals surface area contributed by atoms with Crippen LogP contribution in [0.4, 0.5) is 5.69 Å². The summed E-state index contributed by atoms with van der Waals surface area (Å²) >= 11 is 5.96. The van der Waals surface area contributed by atoms with Gasteiger partial charge in [-0.1, -0.05) is 18.5 Å². The summed E-state index contributed by atoms with van der Waals surface area (Å²) in [5.74, 6) is -0.269. The minimum Gasteiger partial charge on any atom is -0.369 e. The fourth-order valence-electron chi connectivity index (χ4n) is 2.39. The van der Waals surface area contributed by atoms with Gasteiger partial charge in [0, 0.05) is 18.1 Å². The van der Waals surface area contributed by atoms with Crippen molar-refractivity contribution in [3.63, 3.8) is 0 Å². The zero-order valence-corrected chi connectivity index (χ0v) is 10.8. The molecule has 0 saturated carbocycles. The maximum Gasteiger partial charge on any atom is 0.222 e. The number of nitrogens with zero attached hydrogens (tertiary/aromatic N) is 2. The van der Waals surface area contributed by atoms with E-state index in [0.29, 0.717) is 23.7 Å². The van der Waals surface area contributed by atoms with Gasteiger partial charge >= 0.3 is 0 Å². The SMILES string of the molecule is C[C@@H]1CN(c2cc(Cl)ccc2C#N)C[C@H]1C(N)=O. The molecule has 1 fully saturated rings. The first-order valence-electron chi connectivity index (χ1n) is 5.77. The van der Waals surface area contributed by atoms with Crippen LogP contribution in [0, 0.1) is 23.2 Å². The van der Waals surface area contributed by atoms with Crippen molar-refractivity contribution in [1.82, 2.24) is 0 Å². The van der Waals surface area contributed by atoms with Gasteiger partial charge in [0.1, 0.15) is 6.07 Å². The Hall–Kier alpha value is -1.73. The molecule has 2 rings (SSSR count). The average molecular weight is 264 g/mol. The van der Waals surface area contributed by atoms with Gasteiger partial charge in [0.05, 0.1) is 17.2 Å². The lowest BCUT2D eigenvalue weighted by Gasteiger charge is -2.19. The van der Waals surface area contributed by atoms with Crippen molar-refractivity contribution in [2.75, 3.05) is 18.0 Å². The Morgan fingerprint density at radius 3 is 2.83 bits per heavy atom. The molecule has 0 aliphatic carbocycles. The summed E-state index contributed by atoms with van der Waals surface area (Å²) in [7, 11) is 0. The molecule has 1 aliphatic rings. The molecule has 94 valence electrons. The number of halogens is 1. The van der Waals surface area contributed by atoms with Crippen LogP contribution >= 0.6 is 11.6 Å². The lowest BCUT2D eigenvalue weighted by molar-refractivity contribution is -0.122. The van der Waals surface area contributed by atoms with Crippen LogP contribution in [0.25, 0.3) is 0 Å². The van der Waals surface area contributed by atoms with Gasteiger partial charge in [-0.15, -0.1) is 0 Å². The standard InChI is InChI=1S/C13H14ClN3O/c1-8-6-17(7-11(8)13(16)18)12-4-10(14)3-2-9(12)5-15/h2-4,8,11H,6-7H2,1H3,(H2,16,18)/t8-,11-/m1/s1. The molecule has 0 radical (unpaired) electrons. The van der Waals surface area contributed by atoms with Crippen LogP contribution in [-0.2, 0) is 4.79 Å². The van der Waals surface area contributed by atoms with Crippen molar-refractivity contribution in [1.29, 1.82) is 5.26 Å². The summed E-state index contributed by atoms with van der Waals surface area (Å²) in [5, 5.41) is 9.68. The first-order valence-corrected chi connectivity index (χ1v) is 6.14. The number of hydrogen-bond donors (Lipinski definition) is 1. The molecule has 2 atom stereocenters. The second kappa shape index (κ2) is 4.87. The summed E-state index contributed by atoms with van der Waals surface area (Å²) in [4.78, 5) is 13.3. The predicted octanol–water partition coefficient (Wildman–Crippen LogP) is 1.77. The van der Waals surface area contributed by atoms with Crippen molar-refractivity contribution in [2.45, 2.75) is 6.92 Å². The number of amides is 1. The molecule has 5 heteroatoms. The summed E-state index contributed by atoms with van der Waals surface area (Å²) in [6, 6.07) is 7.29. The molecule has 0 bridgehead atoms. The van der Waals surface area contributed by atoms with Crippen molar-refractivity contribution in [3.8, 4) is 6.07 Å². The number of primary amides is 1.